The zero-order valence-corrected chi connectivity index (χ0v) is 21.0. The molecule has 2 aliphatic rings. The number of hydrogen-bond acceptors (Lipinski definition) is 4. The highest BCUT2D eigenvalue weighted by atomic mass is 19.1. The molecule has 2 atom stereocenters. The van der Waals surface area contributed by atoms with Crippen LogP contribution in [0.1, 0.15) is 52.6 Å². The molecule has 2 unspecified atom stereocenters. The molecule has 3 aromatic rings. The van der Waals surface area contributed by atoms with Gasteiger partial charge in [-0.3, -0.25) is 14.4 Å². The molecule has 8 heteroatoms. The molecule has 2 bridgehead atoms. The fourth-order valence-electron chi connectivity index (χ4n) is 5.34. The zero-order valence-electron chi connectivity index (χ0n) is 21.0. The van der Waals surface area contributed by atoms with Gasteiger partial charge in [-0.2, -0.15) is 0 Å². The molecule has 1 saturated heterocycles. The number of nitrogens with zero attached hydrogens (tertiary/aromatic N) is 2. The number of hydrogen-bond donors (Lipinski definition) is 2. The molecule has 2 N–H and O–H groups in total. The van der Waals surface area contributed by atoms with Gasteiger partial charge in [0.25, 0.3) is 17.4 Å². The first-order valence-electron chi connectivity index (χ1n) is 12.7. The number of piperidine rings is 1. The minimum Gasteiger partial charge on any atom is -0.369 e. The SMILES string of the molecule is CC(C)CNC(=O)c1ccc(N2CC3CC(C2)c2cccc(=O)n2C3)c(NC(=O)c2ccc(F)cc2)c1. The lowest BCUT2D eigenvalue weighted by molar-refractivity contribution is 0.0947. The molecule has 2 amide bonds. The Bertz CT molecular complexity index is 1380. The Balaban J connectivity index is 1.46. The van der Waals surface area contributed by atoms with Crippen LogP contribution in [-0.2, 0) is 6.54 Å². The molecule has 192 valence electrons. The number of halogens is 1. The van der Waals surface area contributed by atoms with Gasteiger partial charge in [-0.25, -0.2) is 4.39 Å². The maximum Gasteiger partial charge on any atom is 0.255 e. The predicted octanol–water partition coefficient (Wildman–Crippen LogP) is 4.25. The van der Waals surface area contributed by atoms with E-state index >= 15 is 0 Å². The third kappa shape index (κ3) is 5.28. The summed E-state index contributed by atoms with van der Waals surface area (Å²) in [4.78, 5) is 40.5. The van der Waals surface area contributed by atoms with Crippen LogP contribution in [0.25, 0.3) is 0 Å². The highest BCUT2D eigenvalue weighted by molar-refractivity contribution is 6.07. The molecule has 1 aromatic heterocycles. The van der Waals surface area contributed by atoms with E-state index in [1.54, 1.807) is 18.2 Å². The summed E-state index contributed by atoms with van der Waals surface area (Å²) in [7, 11) is 0. The number of pyridine rings is 1. The summed E-state index contributed by atoms with van der Waals surface area (Å²) in [6, 6.07) is 16.2. The fourth-order valence-corrected chi connectivity index (χ4v) is 5.34. The number of amides is 2. The number of fused-ring (bicyclic) bond motifs is 4. The summed E-state index contributed by atoms with van der Waals surface area (Å²) >= 11 is 0. The molecule has 0 aliphatic carbocycles. The van der Waals surface area contributed by atoms with E-state index in [0.717, 1.165) is 24.3 Å². The summed E-state index contributed by atoms with van der Waals surface area (Å²) in [5, 5.41) is 5.88. The first-order chi connectivity index (χ1) is 17.8. The molecule has 0 radical (unpaired) electrons. The summed E-state index contributed by atoms with van der Waals surface area (Å²) in [6.45, 7) is 6.68. The highest BCUT2D eigenvalue weighted by Gasteiger charge is 2.35. The molecule has 0 spiro atoms. The van der Waals surface area contributed by atoms with Gasteiger partial charge in [0, 0.05) is 55.0 Å². The monoisotopic (exact) mass is 502 g/mol. The van der Waals surface area contributed by atoms with Gasteiger partial charge in [0.1, 0.15) is 5.82 Å². The van der Waals surface area contributed by atoms with Crippen LogP contribution in [0.15, 0.2) is 65.5 Å². The van der Waals surface area contributed by atoms with E-state index in [9.17, 15) is 18.8 Å². The van der Waals surface area contributed by atoms with Crippen LogP contribution in [0, 0.1) is 17.7 Å². The molecule has 3 heterocycles. The van der Waals surface area contributed by atoms with Crippen molar-refractivity contribution in [2.45, 2.75) is 32.7 Å². The van der Waals surface area contributed by atoms with Gasteiger partial charge >= 0.3 is 0 Å². The van der Waals surface area contributed by atoms with Crippen LogP contribution in [0.5, 0.6) is 0 Å². The molecular weight excluding hydrogens is 471 g/mol. The van der Waals surface area contributed by atoms with Crippen LogP contribution >= 0.6 is 0 Å². The number of rotatable bonds is 6. The fraction of sp³-hybridized carbons (Fsp3) is 0.345. The normalized spacial score (nSPS) is 18.3. The Morgan fingerprint density at radius 3 is 2.49 bits per heavy atom. The van der Waals surface area contributed by atoms with E-state index in [1.807, 2.05) is 36.6 Å². The molecule has 0 saturated carbocycles. The van der Waals surface area contributed by atoms with Crippen LogP contribution in [0.4, 0.5) is 15.8 Å². The van der Waals surface area contributed by atoms with E-state index in [2.05, 4.69) is 15.5 Å². The van der Waals surface area contributed by atoms with Crippen molar-refractivity contribution in [2.75, 3.05) is 29.9 Å². The number of aromatic nitrogens is 1. The van der Waals surface area contributed by atoms with Crippen LogP contribution in [-0.4, -0.2) is 36.0 Å². The van der Waals surface area contributed by atoms with E-state index in [-0.39, 0.29) is 23.3 Å². The van der Waals surface area contributed by atoms with E-state index in [1.165, 1.54) is 24.3 Å². The van der Waals surface area contributed by atoms with Gasteiger partial charge in [0.2, 0.25) is 0 Å². The Hall–Kier alpha value is -3.94. The number of carbonyl (C=O) groups is 2. The van der Waals surface area contributed by atoms with E-state index in [0.29, 0.717) is 48.3 Å². The smallest absolute Gasteiger partial charge is 0.255 e. The second-order valence-electron chi connectivity index (χ2n) is 10.4. The number of nitrogens with one attached hydrogen (secondary N) is 2. The molecule has 2 aromatic carbocycles. The van der Waals surface area contributed by atoms with Crippen molar-refractivity contribution < 1.29 is 14.0 Å². The zero-order chi connectivity index (χ0) is 26.1. The average Bonchev–Trinajstić information content (AvgIpc) is 2.88. The number of carbonyl (C=O) groups excluding carboxylic acids is 2. The third-order valence-corrected chi connectivity index (χ3v) is 7.10. The topological polar surface area (TPSA) is 83.4 Å². The van der Waals surface area contributed by atoms with Crippen molar-refractivity contribution in [3.05, 3.63) is 93.7 Å². The van der Waals surface area contributed by atoms with Crippen molar-refractivity contribution in [3.8, 4) is 0 Å². The van der Waals surface area contributed by atoms with Gasteiger partial charge in [0.05, 0.1) is 11.4 Å². The number of anilines is 2. The second kappa shape index (κ2) is 10.2. The molecular formula is C29H31FN4O3. The Labute approximate surface area is 215 Å². The first kappa shape index (κ1) is 24.7. The van der Waals surface area contributed by atoms with Crippen LogP contribution in [0.3, 0.4) is 0 Å². The molecule has 2 aliphatic heterocycles. The maximum absolute atomic E-state index is 13.4. The Kier molecular flexibility index (Phi) is 6.82. The van der Waals surface area contributed by atoms with Gasteiger partial charge < -0.3 is 20.1 Å². The second-order valence-corrected chi connectivity index (χ2v) is 10.4. The third-order valence-electron chi connectivity index (χ3n) is 7.10. The van der Waals surface area contributed by atoms with Crippen LogP contribution in [0.2, 0.25) is 0 Å². The van der Waals surface area contributed by atoms with Gasteiger partial charge in [-0.05, 0) is 66.8 Å². The highest BCUT2D eigenvalue weighted by Crippen LogP contribution is 2.39. The Morgan fingerprint density at radius 2 is 1.73 bits per heavy atom. The van der Waals surface area contributed by atoms with Crippen molar-refractivity contribution in [1.29, 1.82) is 0 Å². The van der Waals surface area contributed by atoms with Gasteiger partial charge in [-0.15, -0.1) is 0 Å². The van der Waals surface area contributed by atoms with Gasteiger partial charge in [0.15, 0.2) is 0 Å². The van der Waals surface area contributed by atoms with Gasteiger partial charge in [-0.1, -0.05) is 19.9 Å². The van der Waals surface area contributed by atoms with Crippen molar-refractivity contribution in [1.82, 2.24) is 9.88 Å². The summed E-state index contributed by atoms with van der Waals surface area (Å²) in [5.41, 5.74) is 3.19. The summed E-state index contributed by atoms with van der Waals surface area (Å²) in [5.74, 6) is -0.210. The van der Waals surface area contributed by atoms with Crippen molar-refractivity contribution in [2.24, 2.45) is 11.8 Å². The largest absolute Gasteiger partial charge is 0.369 e. The standard InChI is InChI=1S/C29H31FN4O3/c1-18(2)14-31-28(36)21-8-11-26(24(13-21)32-29(37)20-6-9-23(30)10-7-20)33-15-19-12-22(17-33)25-4-3-5-27(35)34(25)16-19/h3-11,13,18-19,22H,12,14-17H2,1-2H3,(H,31,36)(H,32,37). The molecule has 37 heavy (non-hydrogen) atoms. The van der Waals surface area contributed by atoms with Crippen molar-refractivity contribution in [3.63, 3.8) is 0 Å². The Morgan fingerprint density at radius 1 is 0.973 bits per heavy atom. The van der Waals surface area contributed by atoms with Crippen LogP contribution < -0.4 is 21.1 Å². The molecule has 1 fully saturated rings. The molecule has 5 rings (SSSR count). The predicted molar refractivity (Wildman–Crippen MR) is 142 cm³/mol. The minimum atomic E-state index is -0.416. The lowest BCUT2D eigenvalue weighted by atomic mass is 9.83. The minimum absolute atomic E-state index is 0.0321. The van der Waals surface area contributed by atoms with Crippen molar-refractivity contribution >= 4 is 23.2 Å². The molecule has 7 nitrogen and oxygen atoms in total. The first-order valence-corrected chi connectivity index (χ1v) is 12.7. The average molecular weight is 503 g/mol. The summed E-state index contributed by atoms with van der Waals surface area (Å²) in [6.07, 6.45) is 1.01. The lowest BCUT2D eigenvalue weighted by Gasteiger charge is -2.44. The lowest BCUT2D eigenvalue weighted by Crippen LogP contribution is -2.47. The van der Waals surface area contributed by atoms with E-state index < -0.39 is 5.82 Å². The quantitative estimate of drug-likeness (QED) is 0.528. The number of benzene rings is 2. The summed E-state index contributed by atoms with van der Waals surface area (Å²) < 4.78 is 15.3. The van der Waals surface area contributed by atoms with E-state index in [4.69, 9.17) is 0 Å². The maximum atomic E-state index is 13.4.